The predicted octanol–water partition coefficient (Wildman–Crippen LogP) is 1.55. The molecule has 10 heteroatoms. The first-order chi connectivity index (χ1) is 14.3. The Balaban J connectivity index is 1.79. The Labute approximate surface area is 175 Å². The third kappa shape index (κ3) is 4.23. The number of aromatic carboxylic acids is 1. The number of para-hydroxylation sites is 1. The van der Waals surface area contributed by atoms with E-state index in [1.54, 1.807) is 18.2 Å². The number of carbonyl (C=O) groups excluding carboxylic acids is 2. The SMILES string of the molecule is O=C(O)c1ccccc1C(=O)NCC(=O)N1C(c2ccccc2O)SC[C@H]1C(=O)O. The van der Waals surface area contributed by atoms with E-state index in [0.29, 0.717) is 5.56 Å². The number of hydrogen-bond acceptors (Lipinski definition) is 6. The van der Waals surface area contributed by atoms with E-state index < -0.39 is 41.7 Å². The first-order valence-electron chi connectivity index (χ1n) is 8.85. The molecule has 156 valence electrons. The van der Waals surface area contributed by atoms with Gasteiger partial charge in [-0.15, -0.1) is 11.8 Å². The topological polar surface area (TPSA) is 144 Å². The first-order valence-corrected chi connectivity index (χ1v) is 9.90. The number of phenols is 1. The molecule has 0 spiro atoms. The molecular formula is C20H18N2O7S. The fourth-order valence-electron chi connectivity index (χ4n) is 3.15. The molecule has 2 aromatic rings. The Morgan fingerprint density at radius 1 is 1.00 bits per heavy atom. The minimum absolute atomic E-state index is 0.0711. The zero-order valence-corrected chi connectivity index (χ0v) is 16.3. The van der Waals surface area contributed by atoms with Crippen LogP contribution in [0.3, 0.4) is 0 Å². The summed E-state index contributed by atoms with van der Waals surface area (Å²) in [4.78, 5) is 49.3. The van der Waals surface area contributed by atoms with Crippen molar-refractivity contribution in [2.24, 2.45) is 0 Å². The Kier molecular flexibility index (Phi) is 6.26. The molecule has 1 saturated heterocycles. The first kappa shape index (κ1) is 21.2. The van der Waals surface area contributed by atoms with Crippen LogP contribution in [0.2, 0.25) is 0 Å². The van der Waals surface area contributed by atoms with Crippen molar-refractivity contribution in [1.82, 2.24) is 10.2 Å². The van der Waals surface area contributed by atoms with Gasteiger partial charge in [-0.2, -0.15) is 0 Å². The third-order valence-electron chi connectivity index (χ3n) is 4.58. The van der Waals surface area contributed by atoms with E-state index in [1.807, 2.05) is 0 Å². The molecule has 2 amide bonds. The molecule has 1 aliphatic rings. The number of carboxylic acid groups (broad SMARTS) is 2. The molecule has 0 bridgehead atoms. The van der Waals surface area contributed by atoms with Crippen LogP contribution in [0.5, 0.6) is 5.75 Å². The second-order valence-corrected chi connectivity index (χ2v) is 7.55. The molecule has 2 aromatic carbocycles. The minimum atomic E-state index is -1.28. The van der Waals surface area contributed by atoms with Crippen molar-refractivity contribution in [3.63, 3.8) is 0 Å². The van der Waals surface area contributed by atoms with E-state index in [1.165, 1.54) is 42.1 Å². The lowest BCUT2D eigenvalue weighted by Crippen LogP contribution is -2.47. The highest BCUT2D eigenvalue weighted by molar-refractivity contribution is 7.99. The van der Waals surface area contributed by atoms with Gasteiger partial charge in [0.2, 0.25) is 5.91 Å². The molecule has 4 N–H and O–H groups in total. The normalized spacial score (nSPS) is 18.1. The summed E-state index contributed by atoms with van der Waals surface area (Å²) in [6.45, 7) is -0.527. The van der Waals surface area contributed by atoms with Gasteiger partial charge in [-0.3, -0.25) is 9.59 Å². The van der Waals surface area contributed by atoms with Gasteiger partial charge in [-0.1, -0.05) is 30.3 Å². The molecule has 0 radical (unpaired) electrons. The monoisotopic (exact) mass is 430 g/mol. The average molecular weight is 430 g/mol. The van der Waals surface area contributed by atoms with Crippen LogP contribution in [0, 0.1) is 0 Å². The number of nitrogens with one attached hydrogen (secondary N) is 1. The number of benzene rings is 2. The van der Waals surface area contributed by atoms with E-state index in [0.717, 1.165) is 4.90 Å². The summed E-state index contributed by atoms with van der Waals surface area (Å²) in [5, 5.41) is 30.4. The molecule has 1 fully saturated rings. The summed E-state index contributed by atoms with van der Waals surface area (Å²) in [5.41, 5.74) is 0.0671. The molecule has 9 nitrogen and oxygen atoms in total. The Morgan fingerprint density at radius 3 is 2.27 bits per heavy atom. The molecular weight excluding hydrogens is 412 g/mol. The largest absolute Gasteiger partial charge is 0.508 e. The van der Waals surface area contributed by atoms with E-state index >= 15 is 0 Å². The van der Waals surface area contributed by atoms with Crippen LogP contribution in [0.4, 0.5) is 0 Å². The third-order valence-corrected chi connectivity index (χ3v) is 5.88. The highest BCUT2D eigenvalue weighted by Gasteiger charge is 2.43. The van der Waals surface area contributed by atoms with Gasteiger partial charge in [-0.25, -0.2) is 9.59 Å². The van der Waals surface area contributed by atoms with Crippen LogP contribution in [-0.4, -0.2) is 62.3 Å². The van der Waals surface area contributed by atoms with Crippen molar-refractivity contribution >= 4 is 35.5 Å². The van der Waals surface area contributed by atoms with Gasteiger partial charge in [0.05, 0.1) is 17.7 Å². The van der Waals surface area contributed by atoms with Crippen molar-refractivity contribution in [2.75, 3.05) is 12.3 Å². The molecule has 0 aliphatic carbocycles. The summed E-state index contributed by atoms with van der Waals surface area (Å²) in [7, 11) is 0. The number of carbonyl (C=O) groups is 4. The van der Waals surface area contributed by atoms with Crippen LogP contribution in [-0.2, 0) is 9.59 Å². The second kappa shape index (κ2) is 8.87. The predicted molar refractivity (Wildman–Crippen MR) is 107 cm³/mol. The van der Waals surface area contributed by atoms with Crippen LogP contribution >= 0.6 is 11.8 Å². The van der Waals surface area contributed by atoms with Crippen molar-refractivity contribution in [3.05, 3.63) is 65.2 Å². The minimum Gasteiger partial charge on any atom is -0.508 e. The number of aliphatic carboxylic acids is 1. The molecule has 0 saturated carbocycles. The maximum Gasteiger partial charge on any atom is 0.336 e. The number of phenolic OH excluding ortho intramolecular Hbond substituents is 1. The smallest absolute Gasteiger partial charge is 0.336 e. The zero-order chi connectivity index (χ0) is 21.8. The average Bonchev–Trinajstić information content (AvgIpc) is 3.17. The van der Waals surface area contributed by atoms with Crippen molar-refractivity contribution in [1.29, 1.82) is 0 Å². The number of rotatable bonds is 6. The highest BCUT2D eigenvalue weighted by atomic mass is 32.2. The van der Waals surface area contributed by atoms with Crippen LogP contribution < -0.4 is 5.32 Å². The standard InChI is InChI=1S/C20H18N2O7S/c23-15-8-4-3-7-13(15)18-22(14(10-30-18)20(28)29)16(24)9-21-17(25)11-5-1-2-6-12(11)19(26)27/h1-8,14,18,23H,9-10H2,(H,21,25)(H,26,27)(H,28,29)/t14-,18?/m0/s1. The van der Waals surface area contributed by atoms with Crippen molar-refractivity contribution in [3.8, 4) is 5.75 Å². The summed E-state index contributed by atoms with van der Waals surface area (Å²) in [6.07, 6.45) is 0. The van der Waals surface area contributed by atoms with Gasteiger partial charge in [0.1, 0.15) is 17.2 Å². The number of aromatic hydroxyl groups is 1. The van der Waals surface area contributed by atoms with E-state index in [-0.39, 0.29) is 22.6 Å². The number of nitrogens with zero attached hydrogens (tertiary/aromatic N) is 1. The fraction of sp³-hybridized carbons (Fsp3) is 0.200. The molecule has 1 unspecified atom stereocenters. The van der Waals surface area contributed by atoms with Gasteiger partial charge in [-0.05, 0) is 18.2 Å². The van der Waals surface area contributed by atoms with Gasteiger partial charge < -0.3 is 25.5 Å². The van der Waals surface area contributed by atoms with Crippen LogP contribution in [0.25, 0.3) is 0 Å². The Bertz CT molecular complexity index is 1010. The summed E-state index contributed by atoms with van der Waals surface area (Å²) >= 11 is 1.19. The lowest BCUT2D eigenvalue weighted by Gasteiger charge is -2.28. The van der Waals surface area contributed by atoms with Gasteiger partial charge in [0.15, 0.2) is 0 Å². The van der Waals surface area contributed by atoms with Crippen LogP contribution in [0.15, 0.2) is 48.5 Å². The summed E-state index contributed by atoms with van der Waals surface area (Å²) in [6, 6.07) is 10.7. The molecule has 0 aromatic heterocycles. The number of thioether (sulfide) groups is 1. The van der Waals surface area contributed by atoms with Crippen molar-refractivity contribution in [2.45, 2.75) is 11.4 Å². The highest BCUT2D eigenvalue weighted by Crippen LogP contribution is 2.44. The maximum absolute atomic E-state index is 12.8. The fourth-order valence-corrected chi connectivity index (χ4v) is 4.62. The zero-order valence-electron chi connectivity index (χ0n) is 15.5. The number of carboxylic acids is 2. The van der Waals surface area contributed by atoms with Crippen LogP contribution in [0.1, 0.15) is 31.7 Å². The quantitative estimate of drug-likeness (QED) is 0.540. The van der Waals surface area contributed by atoms with E-state index in [4.69, 9.17) is 0 Å². The number of amides is 2. The molecule has 1 aliphatic heterocycles. The van der Waals surface area contributed by atoms with E-state index in [9.17, 15) is 34.5 Å². The van der Waals surface area contributed by atoms with Crippen molar-refractivity contribution < 1.29 is 34.5 Å². The van der Waals surface area contributed by atoms with E-state index in [2.05, 4.69) is 5.32 Å². The molecule has 30 heavy (non-hydrogen) atoms. The van der Waals surface area contributed by atoms with Gasteiger partial charge in [0, 0.05) is 11.3 Å². The van der Waals surface area contributed by atoms with Gasteiger partial charge >= 0.3 is 11.9 Å². The molecule has 1 heterocycles. The Morgan fingerprint density at radius 2 is 1.63 bits per heavy atom. The van der Waals surface area contributed by atoms with Gasteiger partial charge in [0.25, 0.3) is 5.91 Å². The molecule has 3 rings (SSSR count). The lowest BCUT2D eigenvalue weighted by atomic mass is 10.1. The molecule has 2 atom stereocenters. The maximum atomic E-state index is 12.8. The summed E-state index contributed by atoms with van der Waals surface area (Å²) in [5.74, 6) is -3.86. The number of hydrogen-bond donors (Lipinski definition) is 4. The lowest BCUT2D eigenvalue weighted by molar-refractivity contribution is -0.148. The Hall–Kier alpha value is -3.53. The summed E-state index contributed by atoms with van der Waals surface area (Å²) < 4.78 is 0. The second-order valence-electron chi connectivity index (χ2n) is 6.43.